The highest BCUT2D eigenvalue weighted by atomic mass is 32.2. The highest BCUT2D eigenvalue weighted by molar-refractivity contribution is 8.39. The first-order chi connectivity index (χ1) is 5.24. The molecule has 0 spiro atoms. The monoisotopic (exact) mass is 192 g/mol. The van der Waals surface area contributed by atoms with Crippen molar-refractivity contribution in [2.45, 2.75) is 6.04 Å². The van der Waals surface area contributed by atoms with Gasteiger partial charge in [0.25, 0.3) is 0 Å². The van der Waals surface area contributed by atoms with E-state index in [1.807, 2.05) is 0 Å². The fraction of sp³-hybridized carbons (Fsp3) is 0.833. The third-order valence-electron chi connectivity index (χ3n) is 1.61. The zero-order chi connectivity index (χ0) is 8.27. The van der Waals surface area contributed by atoms with Gasteiger partial charge in [0.05, 0.1) is 0 Å². The van der Waals surface area contributed by atoms with E-state index in [1.165, 1.54) is 0 Å². The average molecular weight is 192 g/mol. The molecule has 1 N–H and O–H groups in total. The van der Waals surface area contributed by atoms with Crippen molar-refractivity contribution in [2.24, 2.45) is 5.16 Å². The molecule has 64 valence electrons. The summed E-state index contributed by atoms with van der Waals surface area (Å²) in [5.41, 5.74) is 0. The normalized spacial score (nSPS) is 25.7. The van der Waals surface area contributed by atoms with Crippen LogP contribution in [0.1, 0.15) is 0 Å². The van der Waals surface area contributed by atoms with Crippen LogP contribution in [-0.4, -0.2) is 46.1 Å². The van der Waals surface area contributed by atoms with Gasteiger partial charge in [-0.3, -0.25) is 0 Å². The van der Waals surface area contributed by atoms with E-state index in [0.717, 1.165) is 15.9 Å². The van der Waals surface area contributed by atoms with E-state index in [2.05, 4.69) is 24.2 Å². The van der Waals surface area contributed by atoms with E-state index < -0.39 is 0 Å². The summed E-state index contributed by atoms with van der Waals surface area (Å²) in [6, 6.07) is 0.607. The van der Waals surface area contributed by atoms with Crippen molar-refractivity contribution < 1.29 is 5.21 Å². The second kappa shape index (κ2) is 4.23. The van der Waals surface area contributed by atoms with Gasteiger partial charge in [0.15, 0.2) is 4.38 Å². The highest BCUT2D eigenvalue weighted by Gasteiger charge is 2.20. The lowest BCUT2D eigenvalue weighted by Crippen LogP contribution is -2.35. The Morgan fingerprint density at radius 2 is 2.00 bits per heavy atom. The standard InChI is InChI=1S/C6H12N2OS2/c1-8(2)5-3-10-6(7-9)11-4-5/h5,9H,3-4H2,1-2H3. The number of thioether (sulfide) groups is 2. The van der Waals surface area contributed by atoms with Gasteiger partial charge in [0, 0.05) is 17.5 Å². The number of nitrogens with zero attached hydrogens (tertiary/aromatic N) is 2. The molecule has 0 aromatic carbocycles. The van der Waals surface area contributed by atoms with Gasteiger partial charge in [-0.25, -0.2) is 0 Å². The van der Waals surface area contributed by atoms with Crippen molar-refractivity contribution in [3.8, 4) is 0 Å². The van der Waals surface area contributed by atoms with Crippen LogP contribution >= 0.6 is 23.5 Å². The molecule has 0 amide bonds. The maximum Gasteiger partial charge on any atom is 0.169 e. The summed E-state index contributed by atoms with van der Waals surface area (Å²) in [5.74, 6) is 2.05. The van der Waals surface area contributed by atoms with Gasteiger partial charge >= 0.3 is 0 Å². The largest absolute Gasteiger partial charge is 0.410 e. The molecule has 3 nitrogen and oxygen atoms in total. The SMILES string of the molecule is CN(C)C1CSC(=NO)SC1. The zero-order valence-electron chi connectivity index (χ0n) is 6.65. The van der Waals surface area contributed by atoms with Crippen molar-refractivity contribution in [3.05, 3.63) is 0 Å². The van der Waals surface area contributed by atoms with Crippen molar-refractivity contribution >= 4 is 27.9 Å². The van der Waals surface area contributed by atoms with Crippen LogP contribution in [0.3, 0.4) is 0 Å². The summed E-state index contributed by atoms with van der Waals surface area (Å²) < 4.78 is 0.795. The molecule has 0 bridgehead atoms. The molecule has 1 rings (SSSR count). The Kier molecular flexibility index (Phi) is 3.54. The third kappa shape index (κ3) is 2.57. The van der Waals surface area contributed by atoms with Gasteiger partial charge in [-0.2, -0.15) is 0 Å². The predicted octanol–water partition coefficient (Wildman–Crippen LogP) is 1.14. The summed E-state index contributed by atoms with van der Waals surface area (Å²) >= 11 is 3.24. The van der Waals surface area contributed by atoms with Crippen LogP contribution < -0.4 is 0 Å². The molecule has 0 unspecified atom stereocenters. The number of hydrogen-bond acceptors (Lipinski definition) is 5. The van der Waals surface area contributed by atoms with Crippen molar-refractivity contribution in [2.75, 3.05) is 25.6 Å². The van der Waals surface area contributed by atoms with E-state index in [1.54, 1.807) is 23.5 Å². The summed E-state index contributed by atoms with van der Waals surface area (Å²) in [7, 11) is 4.15. The van der Waals surface area contributed by atoms with Crippen LogP contribution in [0.2, 0.25) is 0 Å². The highest BCUT2D eigenvalue weighted by Crippen LogP contribution is 2.26. The molecule has 11 heavy (non-hydrogen) atoms. The van der Waals surface area contributed by atoms with E-state index in [4.69, 9.17) is 5.21 Å². The van der Waals surface area contributed by atoms with E-state index in [-0.39, 0.29) is 0 Å². The first-order valence-electron chi connectivity index (χ1n) is 3.38. The predicted molar refractivity (Wildman–Crippen MR) is 51.6 cm³/mol. The molecule has 1 aliphatic heterocycles. The van der Waals surface area contributed by atoms with Gasteiger partial charge in [-0.1, -0.05) is 28.7 Å². The molecule has 0 atom stereocenters. The molecule has 0 radical (unpaired) electrons. The third-order valence-corrected chi connectivity index (χ3v) is 4.08. The van der Waals surface area contributed by atoms with Crippen LogP contribution in [0, 0.1) is 0 Å². The summed E-state index contributed by atoms with van der Waals surface area (Å²) in [6.07, 6.45) is 0. The Labute approximate surface area is 75.2 Å². The van der Waals surface area contributed by atoms with Crippen LogP contribution in [0.4, 0.5) is 0 Å². The van der Waals surface area contributed by atoms with Crippen LogP contribution in [0.15, 0.2) is 5.16 Å². The van der Waals surface area contributed by atoms with Gasteiger partial charge in [0.1, 0.15) is 0 Å². The van der Waals surface area contributed by atoms with Crippen LogP contribution in [0.25, 0.3) is 0 Å². The van der Waals surface area contributed by atoms with E-state index in [0.29, 0.717) is 6.04 Å². The Morgan fingerprint density at radius 1 is 1.45 bits per heavy atom. The first-order valence-corrected chi connectivity index (χ1v) is 5.35. The van der Waals surface area contributed by atoms with Gasteiger partial charge < -0.3 is 10.1 Å². The minimum atomic E-state index is 0.607. The fourth-order valence-electron chi connectivity index (χ4n) is 0.781. The lowest BCUT2D eigenvalue weighted by molar-refractivity contribution is 0.321. The average Bonchev–Trinajstić information content (AvgIpc) is 2.05. The smallest absolute Gasteiger partial charge is 0.169 e. The number of oxime groups is 1. The Hall–Kier alpha value is 0.130. The van der Waals surface area contributed by atoms with Gasteiger partial charge in [-0.15, -0.1) is 0 Å². The molecule has 1 saturated heterocycles. The molecule has 5 heteroatoms. The minimum absolute atomic E-state index is 0.607. The van der Waals surface area contributed by atoms with Crippen LogP contribution in [-0.2, 0) is 0 Å². The second-order valence-corrected chi connectivity index (χ2v) is 4.88. The van der Waals surface area contributed by atoms with Crippen LogP contribution in [0.5, 0.6) is 0 Å². The maximum absolute atomic E-state index is 8.45. The molecule has 1 aliphatic rings. The van der Waals surface area contributed by atoms with Gasteiger partial charge in [-0.05, 0) is 14.1 Å². The Morgan fingerprint density at radius 3 is 2.36 bits per heavy atom. The van der Waals surface area contributed by atoms with Gasteiger partial charge in [0.2, 0.25) is 0 Å². The first kappa shape index (κ1) is 9.22. The molecular formula is C6H12N2OS2. The van der Waals surface area contributed by atoms with Crippen molar-refractivity contribution in [3.63, 3.8) is 0 Å². The maximum atomic E-state index is 8.45. The molecule has 0 aromatic rings. The summed E-state index contributed by atoms with van der Waals surface area (Å²) in [5, 5.41) is 11.6. The quantitative estimate of drug-likeness (QED) is 0.499. The van der Waals surface area contributed by atoms with Crippen molar-refractivity contribution in [1.29, 1.82) is 0 Å². The molecule has 0 saturated carbocycles. The Balaban J connectivity index is 2.36. The molecule has 1 heterocycles. The fourth-order valence-corrected chi connectivity index (χ4v) is 3.29. The summed E-state index contributed by atoms with van der Waals surface area (Å²) in [6.45, 7) is 0. The lowest BCUT2D eigenvalue weighted by Gasteiger charge is -2.26. The topological polar surface area (TPSA) is 35.8 Å². The summed E-state index contributed by atoms with van der Waals surface area (Å²) in [4.78, 5) is 2.20. The zero-order valence-corrected chi connectivity index (χ0v) is 8.28. The minimum Gasteiger partial charge on any atom is -0.410 e. The molecular weight excluding hydrogens is 180 g/mol. The second-order valence-electron chi connectivity index (χ2n) is 2.61. The molecule has 0 aliphatic carbocycles. The lowest BCUT2D eigenvalue weighted by atomic mass is 10.4. The number of rotatable bonds is 1. The Bertz CT molecular complexity index is 151. The van der Waals surface area contributed by atoms with E-state index in [9.17, 15) is 0 Å². The molecule has 0 aromatic heterocycles. The molecule has 1 fully saturated rings. The van der Waals surface area contributed by atoms with E-state index >= 15 is 0 Å². The van der Waals surface area contributed by atoms with Crippen molar-refractivity contribution in [1.82, 2.24) is 4.90 Å². The number of hydrogen-bond donors (Lipinski definition) is 1.